The number of hydrogen-bond donors (Lipinski definition) is 0. The first-order valence-corrected chi connectivity index (χ1v) is 8.36. The minimum atomic E-state index is -4.60. The summed E-state index contributed by atoms with van der Waals surface area (Å²) < 4.78 is 78.8. The van der Waals surface area contributed by atoms with Crippen LogP contribution >= 0.6 is 0 Å². The maximum atomic E-state index is 13.1. The van der Waals surface area contributed by atoms with Crippen LogP contribution < -0.4 is 4.90 Å². The van der Waals surface area contributed by atoms with Gasteiger partial charge in [-0.05, 0) is 42.5 Å². The zero-order valence-corrected chi connectivity index (χ0v) is 14.5. The van der Waals surface area contributed by atoms with Crippen molar-refractivity contribution in [3.63, 3.8) is 0 Å². The van der Waals surface area contributed by atoms with E-state index in [0.29, 0.717) is 11.4 Å². The van der Waals surface area contributed by atoms with Gasteiger partial charge in [0.05, 0.1) is 16.8 Å². The number of hydrogen-bond acceptors (Lipinski definition) is 3. The van der Waals surface area contributed by atoms with Gasteiger partial charge in [-0.25, -0.2) is 4.52 Å². The topological polar surface area (TPSA) is 32.9 Å². The van der Waals surface area contributed by atoms with E-state index in [1.165, 1.54) is 30.6 Å². The van der Waals surface area contributed by atoms with E-state index in [2.05, 4.69) is 10.1 Å². The van der Waals surface area contributed by atoms with E-state index in [9.17, 15) is 26.3 Å². The fourth-order valence-electron chi connectivity index (χ4n) is 3.09. The monoisotopic (exact) mass is 410 g/mol. The Morgan fingerprint density at radius 2 is 1.59 bits per heavy atom. The van der Waals surface area contributed by atoms with Gasteiger partial charge in [0, 0.05) is 24.3 Å². The standard InChI is InChI=1S/C19H12F6N4/c20-18(21,22)12-4-6-13(7-5-12)28-9-8-26-11-16(28)15-3-1-2-14-10-17(19(23,24)25)27-29(14)15/h1-11,16H. The first-order valence-electron chi connectivity index (χ1n) is 8.36. The molecule has 0 aliphatic carbocycles. The first kappa shape index (κ1) is 19.0. The molecule has 0 radical (unpaired) electrons. The highest BCUT2D eigenvalue weighted by Crippen LogP contribution is 2.34. The maximum Gasteiger partial charge on any atom is 0.435 e. The van der Waals surface area contributed by atoms with Gasteiger partial charge in [-0.1, -0.05) is 6.07 Å². The van der Waals surface area contributed by atoms with Crippen LogP contribution in [0.1, 0.15) is 23.0 Å². The van der Waals surface area contributed by atoms with Crippen LogP contribution in [0.3, 0.4) is 0 Å². The summed E-state index contributed by atoms with van der Waals surface area (Å²) in [5, 5.41) is 3.66. The van der Waals surface area contributed by atoms with Crippen LogP contribution in [0.4, 0.5) is 32.0 Å². The van der Waals surface area contributed by atoms with Crippen molar-refractivity contribution in [1.29, 1.82) is 0 Å². The molecule has 0 bridgehead atoms. The van der Waals surface area contributed by atoms with Crippen molar-refractivity contribution in [2.24, 2.45) is 4.99 Å². The quantitative estimate of drug-likeness (QED) is 0.525. The second-order valence-corrected chi connectivity index (χ2v) is 6.31. The van der Waals surface area contributed by atoms with Crippen LogP contribution in [0, 0.1) is 0 Å². The lowest BCUT2D eigenvalue weighted by Gasteiger charge is -2.30. The average molecular weight is 410 g/mol. The van der Waals surface area contributed by atoms with Crippen molar-refractivity contribution < 1.29 is 26.3 Å². The van der Waals surface area contributed by atoms with Crippen LogP contribution in [0.15, 0.2) is 65.9 Å². The van der Waals surface area contributed by atoms with Gasteiger partial charge in [0.15, 0.2) is 5.69 Å². The maximum absolute atomic E-state index is 13.1. The van der Waals surface area contributed by atoms with Gasteiger partial charge < -0.3 is 4.90 Å². The number of pyridine rings is 1. The molecular weight excluding hydrogens is 398 g/mol. The molecule has 1 aliphatic heterocycles. The molecule has 0 fully saturated rings. The molecule has 4 rings (SSSR count). The lowest BCUT2D eigenvalue weighted by atomic mass is 10.1. The molecule has 2 aromatic heterocycles. The van der Waals surface area contributed by atoms with Crippen LogP contribution in [0.25, 0.3) is 5.52 Å². The van der Waals surface area contributed by atoms with Crippen molar-refractivity contribution in [2.45, 2.75) is 18.4 Å². The van der Waals surface area contributed by atoms with Crippen LogP contribution in [0.5, 0.6) is 0 Å². The third kappa shape index (κ3) is 3.57. The molecule has 0 saturated heterocycles. The van der Waals surface area contributed by atoms with Crippen LogP contribution in [-0.4, -0.2) is 15.8 Å². The van der Waals surface area contributed by atoms with Gasteiger partial charge >= 0.3 is 12.4 Å². The molecule has 3 heterocycles. The zero-order chi connectivity index (χ0) is 20.8. The summed E-state index contributed by atoms with van der Waals surface area (Å²) in [6.07, 6.45) is -4.59. The largest absolute Gasteiger partial charge is 0.435 e. The Kier molecular flexibility index (Phi) is 4.36. The summed E-state index contributed by atoms with van der Waals surface area (Å²) in [5.41, 5.74) is -0.785. The summed E-state index contributed by atoms with van der Waals surface area (Å²) in [7, 11) is 0. The van der Waals surface area contributed by atoms with E-state index in [0.717, 1.165) is 22.7 Å². The Hall–Kier alpha value is -3.30. The van der Waals surface area contributed by atoms with Crippen molar-refractivity contribution in [2.75, 3.05) is 4.90 Å². The number of fused-ring (bicyclic) bond motifs is 1. The summed E-state index contributed by atoms with van der Waals surface area (Å²) in [6.45, 7) is 0. The van der Waals surface area contributed by atoms with E-state index < -0.39 is 29.7 Å². The highest BCUT2D eigenvalue weighted by Gasteiger charge is 2.35. The number of rotatable bonds is 2. The second-order valence-electron chi connectivity index (χ2n) is 6.31. The van der Waals surface area contributed by atoms with Crippen molar-refractivity contribution in [1.82, 2.24) is 9.61 Å². The Balaban J connectivity index is 1.76. The Morgan fingerprint density at radius 1 is 0.862 bits per heavy atom. The molecule has 4 nitrogen and oxygen atoms in total. The van der Waals surface area contributed by atoms with Gasteiger partial charge in [-0.15, -0.1) is 0 Å². The van der Waals surface area contributed by atoms with Crippen molar-refractivity contribution >= 4 is 17.4 Å². The number of halogens is 6. The Morgan fingerprint density at radius 3 is 2.24 bits per heavy atom. The minimum absolute atomic E-state index is 0.241. The lowest BCUT2D eigenvalue weighted by molar-refractivity contribution is -0.141. The summed E-state index contributed by atoms with van der Waals surface area (Å²) >= 11 is 0. The molecule has 10 heteroatoms. The minimum Gasteiger partial charge on any atom is -0.332 e. The second kappa shape index (κ2) is 6.64. The molecule has 150 valence electrons. The van der Waals surface area contributed by atoms with E-state index in [1.54, 1.807) is 23.2 Å². The van der Waals surface area contributed by atoms with E-state index >= 15 is 0 Å². The zero-order valence-electron chi connectivity index (χ0n) is 14.5. The number of alkyl halides is 6. The van der Waals surface area contributed by atoms with E-state index in [1.807, 2.05) is 0 Å². The Bertz CT molecular complexity index is 1090. The normalized spacial score (nSPS) is 17.3. The molecule has 29 heavy (non-hydrogen) atoms. The predicted octanol–water partition coefficient (Wildman–Crippen LogP) is 5.48. The summed E-state index contributed by atoms with van der Waals surface area (Å²) in [5.74, 6) is 0. The number of nitrogens with zero attached hydrogens (tertiary/aromatic N) is 4. The molecule has 0 N–H and O–H groups in total. The molecule has 0 amide bonds. The molecule has 3 aromatic rings. The average Bonchev–Trinajstić information content (AvgIpc) is 3.12. The highest BCUT2D eigenvalue weighted by atomic mass is 19.4. The van der Waals surface area contributed by atoms with Gasteiger partial charge in [-0.3, -0.25) is 4.99 Å². The Labute approximate surface area is 160 Å². The van der Waals surface area contributed by atoms with E-state index in [-0.39, 0.29) is 5.52 Å². The lowest BCUT2D eigenvalue weighted by Crippen LogP contribution is -2.28. The smallest absolute Gasteiger partial charge is 0.332 e. The first-order chi connectivity index (χ1) is 13.6. The SMILES string of the molecule is FC(F)(F)c1ccc(N2C=CN=CC2c2cccc3cc(C(F)(F)F)nn23)cc1. The summed E-state index contributed by atoms with van der Waals surface area (Å²) in [6, 6.07) is 9.42. The number of benzene rings is 1. The fraction of sp³-hybridized carbons (Fsp3) is 0.158. The molecule has 1 unspecified atom stereocenters. The number of aromatic nitrogens is 2. The van der Waals surface area contributed by atoms with Gasteiger partial charge in [-0.2, -0.15) is 31.4 Å². The fourth-order valence-corrected chi connectivity index (χ4v) is 3.09. The van der Waals surface area contributed by atoms with Gasteiger partial charge in [0.2, 0.25) is 0 Å². The number of aliphatic imine (C=N–C) groups is 1. The van der Waals surface area contributed by atoms with Gasteiger partial charge in [0.1, 0.15) is 6.04 Å². The van der Waals surface area contributed by atoms with E-state index in [4.69, 9.17) is 0 Å². The van der Waals surface area contributed by atoms with Crippen molar-refractivity contribution in [3.8, 4) is 0 Å². The molecule has 1 aliphatic rings. The third-order valence-electron chi connectivity index (χ3n) is 4.44. The van der Waals surface area contributed by atoms with Crippen LogP contribution in [-0.2, 0) is 12.4 Å². The molecule has 0 spiro atoms. The van der Waals surface area contributed by atoms with Crippen molar-refractivity contribution in [3.05, 3.63) is 77.9 Å². The molecule has 0 saturated carbocycles. The molecular formula is C19H12F6N4. The molecule has 1 atom stereocenters. The summed E-state index contributed by atoms with van der Waals surface area (Å²) in [4.78, 5) is 5.65. The van der Waals surface area contributed by atoms with Gasteiger partial charge in [0.25, 0.3) is 0 Å². The van der Waals surface area contributed by atoms with Crippen LogP contribution in [0.2, 0.25) is 0 Å². The molecule has 1 aromatic carbocycles. The third-order valence-corrected chi connectivity index (χ3v) is 4.44. The highest BCUT2D eigenvalue weighted by molar-refractivity contribution is 5.76. The number of anilines is 1. The predicted molar refractivity (Wildman–Crippen MR) is 94.5 cm³/mol.